The summed E-state index contributed by atoms with van der Waals surface area (Å²) < 4.78 is 0. The van der Waals surface area contributed by atoms with Gasteiger partial charge in [0.25, 0.3) is 0 Å². The summed E-state index contributed by atoms with van der Waals surface area (Å²) in [7, 11) is 0. The van der Waals surface area contributed by atoms with E-state index < -0.39 is 5.97 Å². The number of carbonyl (C=O) groups excluding carboxylic acids is 1. The highest BCUT2D eigenvalue weighted by Gasteiger charge is 2.08. The first-order chi connectivity index (χ1) is 8.56. The van der Waals surface area contributed by atoms with Crippen LogP contribution < -0.4 is 10.6 Å². The lowest BCUT2D eigenvalue weighted by Gasteiger charge is -2.11. The Balaban J connectivity index is 3.40. The standard InChI is InChI=1S/C12H24N2O3S/c1-10(8-11(15)16)9-14-12(17)13-6-4-3-5-7-18-2/h10H,3-9H2,1-2H3,(H,15,16)(H2,13,14,17). The SMILES string of the molecule is CSCCCCCNC(=O)NCC(C)CC(=O)O. The summed E-state index contributed by atoms with van der Waals surface area (Å²) in [6.07, 6.45) is 5.45. The number of amides is 2. The highest BCUT2D eigenvalue weighted by Crippen LogP contribution is 2.01. The van der Waals surface area contributed by atoms with Gasteiger partial charge in [0, 0.05) is 19.5 Å². The monoisotopic (exact) mass is 276 g/mol. The predicted molar refractivity (Wildman–Crippen MR) is 75.1 cm³/mol. The average molecular weight is 276 g/mol. The largest absolute Gasteiger partial charge is 0.481 e. The zero-order chi connectivity index (χ0) is 13.8. The van der Waals surface area contributed by atoms with Gasteiger partial charge in [-0.3, -0.25) is 4.79 Å². The van der Waals surface area contributed by atoms with Crippen LogP contribution in [0.4, 0.5) is 4.79 Å². The molecule has 0 aliphatic rings. The number of carboxylic acids is 1. The maximum absolute atomic E-state index is 11.3. The van der Waals surface area contributed by atoms with E-state index >= 15 is 0 Å². The molecule has 0 radical (unpaired) electrons. The van der Waals surface area contributed by atoms with Gasteiger partial charge in [-0.25, -0.2) is 4.79 Å². The normalized spacial score (nSPS) is 11.9. The van der Waals surface area contributed by atoms with E-state index in [4.69, 9.17) is 5.11 Å². The summed E-state index contributed by atoms with van der Waals surface area (Å²) in [5.41, 5.74) is 0. The van der Waals surface area contributed by atoms with E-state index in [0.717, 1.165) is 12.8 Å². The van der Waals surface area contributed by atoms with Gasteiger partial charge in [0.15, 0.2) is 0 Å². The number of rotatable bonds is 10. The summed E-state index contributed by atoms with van der Waals surface area (Å²) in [6, 6.07) is -0.211. The molecule has 0 heterocycles. The number of nitrogens with one attached hydrogen (secondary N) is 2. The van der Waals surface area contributed by atoms with Crippen LogP contribution in [0.3, 0.4) is 0 Å². The van der Waals surface area contributed by atoms with Crippen LogP contribution in [0.1, 0.15) is 32.6 Å². The Bertz CT molecular complexity index is 249. The van der Waals surface area contributed by atoms with Crippen molar-refractivity contribution in [3.05, 3.63) is 0 Å². The summed E-state index contributed by atoms with van der Waals surface area (Å²) >= 11 is 1.83. The van der Waals surface area contributed by atoms with E-state index in [1.54, 1.807) is 6.92 Å². The average Bonchev–Trinajstić information content (AvgIpc) is 2.30. The molecular formula is C12H24N2O3S. The second kappa shape index (κ2) is 11.2. The molecule has 2 amide bonds. The fourth-order valence-electron chi connectivity index (χ4n) is 1.45. The van der Waals surface area contributed by atoms with Gasteiger partial charge in [-0.05, 0) is 30.8 Å². The Morgan fingerprint density at radius 1 is 1.22 bits per heavy atom. The van der Waals surface area contributed by atoms with E-state index in [1.807, 2.05) is 11.8 Å². The Kier molecular flexibility index (Phi) is 10.6. The van der Waals surface area contributed by atoms with Crippen molar-refractivity contribution in [1.29, 1.82) is 0 Å². The van der Waals surface area contributed by atoms with E-state index in [0.29, 0.717) is 13.1 Å². The van der Waals surface area contributed by atoms with Crippen molar-refractivity contribution in [1.82, 2.24) is 10.6 Å². The van der Waals surface area contributed by atoms with Crippen molar-refractivity contribution in [3.8, 4) is 0 Å². The maximum atomic E-state index is 11.3. The molecule has 18 heavy (non-hydrogen) atoms. The van der Waals surface area contributed by atoms with Crippen molar-refractivity contribution < 1.29 is 14.7 Å². The van der Waals surface area contributed by atoms with Crippen LogP contribution in [0.2, 0.25) is 0 Å². The Morgan fingerprint density at radius 2 is 1.94 bits per heavy atom. The predicted octanol–water partition coefficient (Wildman–Crippen LogP) is 1.93. The molecule has 0 aliphatic heterocycles. The minimum atomic E-state index is -0.835. The number of hydrogen-bond donors (Lipinski definition) is 3. The minimum Gasteiger partial charge on any atom is -0.481 e. The number of unbranched alkanes of at least 4 members (excludes halogenated alkanes) is 2. The van der Waals surface area contributed by atoms with Crippen molar-refractivity contribution in [2.24, 2.45) is 5.92 Å². The molecule has 0 aromatic heterocycles. The topological polar surface area (TPSA) is 78.4 Å². The van der Waals surface area contributed by atoms with Gasteiger partial charge in [0.1, 0.15) is 0 Å². The summed E-state index contributed by atoms with van der Waals surface area (Å²) in [5, 5.41) is 14.0. The molecule has 3 N–H and O–H groups in total. The highest BCUT2D eigenvalue weighted by atomic mass is 32.2. The third-order valence-electron chi connectivity index (χ3n) is 2.44. The zero-order valence-electron chi connectivity index (χ0n) is 11.2. The smallest absolute Gasteiger partial charge is 0.314 e. The first-order valence-corrected chi connectivity index (χ1v) is 7.68. The van der Waals surface area contributed by atoms with Crippen LogP contribution in [-0.2, 0) is 4.79 Å². The van der Waals surface area contributed by atoms with E-state index in [1.165, 1.54) is 12.2 Å². The number of thioether (sulfide) groups is 1. The van der Waals surface area contributed by atoms with Gasteiger partial charge >= 0.3 is 12.0 Å². The second-order valence-corrected chi connectivity index (χ2v) is 5.38. The lowest BCUT2D eigenvalue weighted by molar-refractivity contribution is -0.137. The first-order valence-electron chi connectivity index (χ1n) is 6.28. The number of urea groups is 1. The quantitative estimate of drug-likeness (QED) is 0.533. The van der Waals surface area contributed by atoms with E-state index in [9.17, 15) is 9.59 Å². The molecule has 0 aliphatic carbocycles. The van der Waals surface area contributed by atoms with Crippen molar-refractivity contribution in [3.63, 3.8) is 0 Å². The molecule has 0 aromatic carbocycles. The third kappa shape index (κ3) is 11.6. The second-order valence-electron chi connectivity index (χ2n) is 4.39. The molecule has 0 saturated carbocycles. The van der Waals surface area contributed by atoms with E-state index in [2.05, 4.69) is 16.9 Å². The van der Waals surface area contributed by atoms with Gasteiger partial charge < -0.3 is 15.7 Å². The van der Waals surface area contributed by atoms with Crippen molar-refractivity contribution in [2.75, 3.05) is 25.1 Å². The van der Waals surface area contributed by atoms with Gasteiger partial charge in [-0.15, -0.1) is 0 Å². The molecule has 1 atom stereocenters. The maximum Gasteiger partial charge on any atom is 0.314 e. The number of aliphatic carboxylic acids is 1. The number of carbonyl (C=O) groups is 2. The zero-order valence-corrected chi connectivity index (χ0v) is 12.0. The number of hydrogen-bond acceptors (Lipinski definition) is 3. The number of carboxylic acid groups (broad SMARTS) is 1. The fraction of sp³-hybridized carbons (Fsp3) is 0.833. The van der Waals surface area contributed by atoms with Crippen LogP contribution in [0.15, 0.2) is 0 Å². The minimum absolute atomic E-state index is 0.0465. The Labute approximate surface area is 113 Å². The van der Waals surface area contributed by atoms with Crippen LogP contribution in [0.25, 0.3) is 0 Å². The van der Waals surface area contributed by atoms with Crippen LogP contribution >= 0.6 is 11.8 Å². The van der Waals surface area contributed by atoms with Gasteiger partial charge in [-0.2, -0.15) is 11.8 Å². The molecule has 6 heteroatoms. The lowest BCUT2D eigenvalue weighted by Crippen LogP contribution is -2.38. The molecule has 0 spiro atoms. The fourth-order valence-corrected chi connectivity index (χ4v) is 1.94. The van der Waals surface area contributed by atoms with E-state index in [-0.39, 0.29) is 18.4 Å². The molecule has 0 rings (SSSR count). The Hall–Kier alpha value is -0.910. The van der Waals surface area contributed by atoms with Crippen LogP contribution in [0.5, 0.6) is 0 Å². The highest BCUT2D eigenvalue weighted by molar-refractivity contribution is 7.98. The van der Waals surface area contributed by atoms with Crippen molar-refractivity contribution >= 4 is 23.8 Å². The van der Waals surface area contributed by atoms with Gasteiger partial charge in [0.05, 0.1) is 0 Å². The van der Waals surface area contributed by atoms with Crippen LogP contribution in [-0.4, -0.2) is 42.2 Å². The Morgan fingerprint density at radius 3 is 2.56 bits per heavy atom. The molecule has 0 aromatic rings. The lowest BCUT2D eigenvalue weighted by atomic mass is 10.1. The molecule has 5 nitrogen and oxygen atoms in total. The molecular weight excluding hydrogens is 252 g/mol. The molecule has 106 valence electrons. The summed E-state index contributed by atoms with van der Waals surface area (Å²) in [4.78, 5) is 21.8. The van der Waals surface area contributed by atoms with Crippen LogP contribution in [0, 0.1) is 5.92 Å². The summed E-state index contributed by atoms with van der Waals surface area (Å²) in [5.74, 6) is 0.284. The first kappa shape index (κ1) is 17.1. The molecule has 0 saturated heterocycles. The molecule has 1 unspecified atom stereocenters. The summed E-state index contributed by atoms with van der Waals surface area (Å²) in [6.45, 7) is 2.87. The van der Waals surface area contributed by atoms with Gasteiger partial charge in [-0.1, -0.05) is 13.3 Å². The molecule has 0 bridgehead atoms. The third-order valence-corrected chi connectivity index (χ3v) is 3.14. The van der Waals surface area contributed by atoms with Crippen molar-refractivity contribution in [2.45, 2.75) is 32.6 Å². The molecule has 0 fully saturated rings. The van der Waals surface area contributed by atoms with Gasteiger partial charge in [0.2, 0.25) is 0 Å².